The third kappa shape index (κ3) is 5.43. The molecule has 2 aromatic rings. The quantitative estimate of drug-likeness (QED) is 0.618. The standard InChI is InChI=1S/C19H26N6O4/c1-2-24-12-15(17(23-24)19(29)20-13-6-4-3-5-7-13)21-18(28)14-8-10-25(22-14)11-9-16(26)27/h8,10,12-13H,2-7,9,11H2,1H3,(H,20,29)(H,21,28)(H,26,27). The lowest BCUT2D eigenvalue weighted by molar-refractivity contribution is -0.137. The average molecular weight is 402 g/mol. The fraction of sp³-hybridized carbons (Fsp3) is 0.526. The minimum atomic E-state index is -0.938. The number of aliphatic carboxylic acids is 1. The second-order valence-corrected chi connectivity index (χ2v) is 7.12. The van der Waals surface area contributed by atoms with E-state index in [0.717, 1.165) is 25.7 Å². The van der Waals surface area contributed by atoms with Crippen LogP contribution in [0.1, 0.15) is 66.4 Å². The van der Waals surface area contributed by atoms with Crippen LogP contribution >= 0.6 is 0 Å². The van der Waals surface area contributed by atoms with Crippen LogP contribution in [0.15, 0.2) is 18.5 Å². The van der Waals surface area contributed by atoms with Crippen molar-refractivity contribution in [2.45, 2.75) is 64.6 Å². The molecule has 29 heavy (non-hydrogen) atoms. The van der Waals surface area contributed by atoms with Gasteiger partial charge in [-0.05, 0) is 25.8 Å². The normalized spacial score (nSPS) is 14.5. The van der Waals surface area contributed by atoms with Gasteiger partial charge in [-0.2, -0.15) is 10.2 Å². The fourth-order valence-electron chi connectivity index (χ4n) is 3.35. The van der Waals surface area contributed by atoms with Gasteiger partial charge in [0.2, 0.25) is 0 Å². The molecule has 1 saturated carbocycles. The Morgan fingerprint density at radius 1 is 1.14 bits per heavy atom. The van der Waals surface area contributed by atoms with E-state index in [1.165, 1.54) is 17.2 Å². The molecule has 0 spiro atoms. The van der Waals surface area contributed by atoms with Gasteiger partial charge in [-0.3, -0.25) is 23.7 Å². The van der Waals surface area contributed by atoms with Crippen LogP contribution < -0.4 is 10.6 Å². The maximum absolute atomic E-state index is 12.7. The molecule has 0 atom stereocenters. The van der Waals surface area contributed by atoms with Gasteiger partial charge in [0.25, 0.3) is 11.8 Å². The molecule has 0 aromatic carbocycles. The van der Waals surface area contributed by atoms with Crippen LogP contribution in [0.3, 0.4) is 0 Å². The summed E-state index contributed by atoms with van der Waals surface area (Å²) in [6, 6.07) is 1.64. The lowest BCUT2D eigenvalue weighted by atomic mass is 9.95. The molecule has 2 amide bonds. The predicted molar refractivity (Wildman–Crippen MR) is 105 cm³/mol. The Morgan fingerprint density at radius 2 is 1.90 bits per heavy atom. The van der Waals surface area contributed by atoms with Crippen molar-refractivity contribution in [3.63, 3.8) is 0 Å². The van der Waals surface area contributed by atoms with Gasteiger partial charge < -0.3 is 15.7 Å². The summed E-state index contributed by atoms with van der Waals surface area (Å²) in [4.78, 5) is 35.9. The molecule has 3 N–H and O–H groups in total. The number of aryl methyl sites for hydroxylation is 2. The van der Waals surface area contributed by atoms with E-state index in [-0.39, 0.29) is 36.3 Å². The van der Waals surface area contributed by atoms with Crippen LogP contribution in [-0.2, 0) is 17.9 Å². The monoisotopic (exact) mass is 402 g/mol. The maximum Gasteiger partial charge on any atom is 0.305 e. The third-order valence-electron chi connectivity index (χ3n) is 4.92. The van der Waals surface area contributed by atoms with E-state index in [0.29, 0.717) is 12.2 Å². The second kappa shape index (κ2) is 9.35. The van der Waals surface area contributed by atoms with Gasteiger partial charge in [0.05, 0.1) is 18.7 Å². The molecule has 1 aliphatic rings. The summed E-state index contributed by atoms with van der Waals surface area (Å²) in [6.07, 6.45) is 8.38. The minimum absolute atomic E-state index is 0.0858. The number of nitrogens with zero attached hydrogens (tertiary/aromatic N) is 4. The van der Waals surface area contributed by atoms with E-state index >= 15 is 0 Å². The van der Waals surface area contributed by atoms with Crippen molar-refractivity contribution in [1.82, 2.24) is 24.9 Å². The first-order valence-corrected chi connectivity index (χ1v) is 9.91. The minimum Gasteiger partial charge on any atom is -0.481 e. The summed E-state index contributed by atoms with van der Waals surface area (Å²) in [6.45, 7) is 2.63. The highest BCUT2D eigenvalue weighted by Gasteiger charge is 2.23. The second-order valence-electron chi connectivity index (χ2n) is 7.12. The van der Waals surface area contributed by atoms with Crippen molar-refractivity contribution in [3.05, 3.63) is 29.8 Å². The lowest BCUT2D eigenvalue weighted by Crippen LogP contribution is -2.36. The molecule has 2 heterocycles. The highest BCUT2D eigenvalue weighted by Crippen LogP contribution is 2.20. The van der Waals surface area contributed by atoms with Gasteiger partial charge in [-0.15, -0.1) is 0 Å². The van der Waals surface area contributed by atoms with E-state index in [2.05, 4.69) is 20.8 Å². The molecule has 10 heteroatoms. The lowest BCUT2D eigenvalue weighted by Gasteiger charge is -2.22. The number of amides is 2. The van der Waals surface area contributed by atoms with Gasteiger partial charge in [0.1, 0.15) is 0 Å². The third-order valence-corrected chi connectivity index (χ3v) is 4.92. The smallest absolute Gasteiger partial charge is 0.305 e. The molecular weight excluding hydrogens is 376 g/mol. The van der Waals surface area contributed by atoms with Crippen molar-refractivity contribution in [1.29, 1.82) is 0 Å². The van der Waals surface area contributed by atoms with E-state index in [1.807, 2.05) is 6.92 Å². The Balaban J connectivity index is 1.69. The number of carbonyl (C=O) groups excluding carboxylic acids is 2. The van der Waals surface area contributed by atoms with Crippen LogP contribution in [0.2, 0.25) is 0 Å². The number of aromatic nitrogens is 4. The zero-order valence-corrected chi connectivity index (χ0v) is 16.4. The molecule has 0 aliphatic heterocycles. The molecule has 10 nitrogen and oxygen atoms in total. The zero-order valence-electron chi connectivity index (χ0n) is 16.4. The Morgan fingerprint density at radius 3 is 2.59 bits per heavy atom. The summed E-state index contributed by atoms with van der Waals surface area (Å²) in [5.41, 5.74) is 0.639. The van der Waals surface area contributed by atoms with Crippen LogP contribution in [0.4, 0.5) is 5.69 Å². The van der Waals surface area contributed by atoms with Crippen molar-refractivity contribution >= 4 is 23.5 Å². The van der Waals surface area contributed by atoms with Crippen molar-refractivity contribution in [2.24, 2.45) is 0 Å². The molecule has 1 fully saturated rings. The molecule has 2 aromatic heterocycles. The van der Waals surface area contributed by atoms with Crippen LogP contribution in [-0.4, -0.2) is 48.5 Å². The molecule has 3 rings (SSSR count). The molecule has 0 radical (unpaired) electrons. The number of nitrogens with one attached hydrogen (secondary N) is 2. The molecule has 0 unspecified atom stereocenters. The van der Waals surface area contributed by atoms with Crippen LogP contribution in [0, 0.1) is 0 Å². The Kier molecular flexibility index (Phi) is 6.63. The molecule has 156 valence electrons. The Hall–Kier alpha value is -3.17. The van der Waals surface area contributed by atoms with E-state index in [1.54, 1.807) is 17.1 Å². The van der Waals surface area contributed by atoms with Crippen LogP contribution in [0.5, 0.6) is 0 Å². The molecule has 0 bridgehead atoms. The highest BCUT2D eigenvalue weighted by molar-refractivity contribution is 6.07. The first kappa shape index (κ1) is 20.6. The fourth-order valence-corrected chi connectivity index (χ4v) is 3.35. The average Bonchev–Trinajstić information content (AvgIpc) is 3.34. The van der Waals surface area contributed by atoms with E-state index < -0.39 is 11.9 Å². The number of hydrogen-bond acceptors (Lipinski definition) is 5. The van der Waals surface area contributed by atoms with Gasteiger partial charge >= 0.3 is 5.97 Å². The first-order chi connectivity index (χ1) is 14.0. The summed E-state index contributed by atoms with van der Waals surface area (Å²) < 4.78 is 2.99. The largest absolute Gasteiger partial charge is 0.481 e. The number of carboxylic acids is 1. The topological polar surface area (TPSA) is 131 Å². The number of hydrogen-bond donors (Lipinski definition) is 3. The molecule has 0 saturated heterocycles. The Bertz CT molecular complexity index is 881. The van der Waals surface area contributed by atoms with Gasteiger partial charge in [-0.25, -0.2) is 0 Å². The highest BCUT2D eigenvalue weighted by atomic mass is 16.4. The summed E-state index contributed by atoms with van der Waals surface area (Å²) >= 11 is 0. The van der Waals surface area contributed by atoms with Gasteiger partial charge in [-0.1, -0.05) is 19.3 Å². The van der Waals surface area contributed by atoms with E-state index in [4.69, 9.17) is 5.11 Å². The first-order valence-electron chi connectivity index (χ1n) is 9.91. The van der Waals surface area contributed by atoms with E-state index in [9.17, 15) is 14.4 Å². The van der Waals surface area contributed by atoms with Gasteiger partial charge in [0, 0.05) is 25.0 Å². The van der Waals surface area contributed by atoms with Crippen molar-refractivity contribution < 1.29 is 19.5 Å². The number of rotatable bonds is 8. The maximum atomic E-state index is 12.7. The summed E-state index contributed by atoms with van der Waals surface area (Å²) in [5.74, 6) is -1.72. The summed E-state index contributed by atoms with van der Waals surface area (Å²) in [7, 11) is 0. The molecule has 1 aliphatic carbocycles. The zero-order chi connectivity index (χ0) is 20.8. The van der Waals surface area contributed by atoms with Gasteiger partial charge in [0.15, 0.2) is 11.4 Å². The van der Waals surface area contributed by atoms with Crippen molar-refractivity contribution in [2.75, 3.05) is 5.32 Å². The number of carboxylic acid groups (broad SMARTS) is 1. The Labute approximate surface area is 168 Å². The van der Waals surface area contributed by atoms with Crippen molar-refractivity contribution in [3.8, 4) is 0 Å². The predicted octanol–water partition coefficient (Wildman–Crippen LogP) is 1.89. The SMILES string of the molecule is CCn1cc(NC(=O)c2ccn(CCC(=O)O)n2)c(C(=O)NC2CCCCC2)n1. The molecular formula is C19H26N6O4. The number of anilines is 1. The number of carbonyl (C=O) groups is 3. The summed E-state index contributed by atoms with van der Waals surface area (Å²) in [5, 5.41) is 22.8. The van der Waals surface area contributed by atoms with Crippen LogP contribution in [0.25, 0.3) is 0 Å².